The van der Waals surface area contributed by atoms with Gasteiger partial charge in [-0.15, -0.1) is 10.2 Å². The number of rotatable bonds is 7. The van der Waals surface area contributed by atoms with Crippen LogP contribution in [-0.4, -0.2) is 33.4 Å². The predicted molar refractivity (Wildman–Crippen MR) is 112 cm³/mol. The normalized spacial score (nSPS) is 12.9. The lowest BCUT2D eigenvalue weighted by molar-refractivity contribution is -0.137. The Balaban J connectivity index is 1.73. The molecule has 1 atom stereocenters. The molecule has 1 aromatic carbocycles. The number of nitrogens with one attached hydrogen (secondary N) is 1. The summed E-state index contributed by atoms with van der Waals surface area (Å²) < 4.78 is 45.6. The number of hydrogen-bond donors (Lipinski definition) is 1. The Morgan fingerprint density at radius 3 is 2.52 bits per heavy atom. The number of methoxy groups -OCH3 is 1. The lowest BCUT2D eigenvalue weighted by Gasteiger charge is -2.23. The van der Waals surface area contributed by atoms with Crippen molar-refractivity contribution in [3.63, 3.8) is 0 Å². The molecule has 3 rings (SSSR count). The molecule has 1 unspecified atom stereocenters. The average molecular weight is 473 g/mol. The quantitative estimate of drug-likeness (QED) is 0.489. The molecule has 0 saturated heterocycles. The number of fused-ring (bicyclic) bond motifs is 1. The molecular formula is C20H20ClF3N4O2S. The monoisotopic (exact) mass is 472 g/mol. The van der Waals surface area contributed by atoms with E-state index in [9.17, 15) is 18.0 Å². The van der Waals surface area contributed by atoms with Crippen LogP contribution in [0.1, 0.15) is 31.0 Å². The topological polar surface area (TPSA) is 68.5 Å². The number of thioether (sulfide) groups is 1. The number of amides is 1. The van der Waals surface area contributed by atoms with E-state index in [4.69, 9.17) is 16.3 Å². The summed E-state index contributed by atoms with van der Waals surface area (Å²) in [5, 5.41) is 10.6. The van der Waals surface area contributed by atoms with Gasteiger partial charge >= 0.3 is 6.18 Å². The highest BCUT2D eigenvalue weighted by Gasteiger charge is 2.32. The number of halogens is 4. The first-order valence-corrected chi connectivity index (χ1v) is 10.6. The first-order valence-electron chi connectivity index (χ1n) is 9.27. The smallest absolute Gasteiger partial charge is 0.417 e. The molecule has 0 spiro atoms. The van der Waals surface area contributed by atoms with Crippen molar-refractivity contribution >= 4 is 34.9 Å². The fraction of sp³-hybridized carbons (Fsp3) is 0.350. The van der Waals surface area contributed by atoms with Gasteiger partial charge in [-0.1, -0.05) is 49.3 Å². The maximum Gasteiger partial charge on any atom is 0.417 e. The molecule has 3 aromatic rings. The number of hydrogen-bond acceptors (Lipinski definition) is 5. The molecule has 1 amide bonds. The summed E-state index contributed by atoms with van der Waals surface area (Å²) in [6.07, 6.45) is -3.69. The molecule has 2 heterocycles. The standard InChI is InChI=1S/C20H20ClF3N4O2S/c1-11(2)17(12-4-6-14(30-3)7-5-12)25-16(29)10-31-19-27-26-18-15(21)8-13(9-28(18)19)20(22,23)24/h4-9,11,17H,10H2,1-3H3,(H,25,29). The predicted octanol–water partition coefficient (Wildman–Crippen LogP) is 5.02. The van der Waals surface area contributed by atoms with Crippen LogP contribution in [0.25, 0.3) is 5.65 Å². The molecule has 0 aliphatic carbocycles. The third-order valence-electron chi connectivity index (χ3n) is 4.55. The molecule has 2 aromatic heterocycles. The van der Waals surface area contributed by atoms with Crippen LogP contribution in [0.2, 0.25) is 5.02 Å². The molecule has 0 aliphatic heterocycles. The molecular weight excluding hydrogens is 453 g/mol. The van der Waals surface area contributed by atoms with Gasteiger partial charge in [0, 0.05) is 6.20 Å². The maximum atomic E-state index is 13.1. The number of alkyl halides is 3. The minimum Gasteiger partial charge on any atom is -0.497 e. The zero-order valence-corrected chi connectivity index (χ0v) is 18.5. The maximum absolute atomic E-state index is 13.1. The van der Waals surface area contributed by atoms with Gasteiger partial charge in [-0.25, -0.2) is 0 Å². The molecule has 0 fully saturated rings. The number of carbonyl (C=O) groups is 1. The molecule has 0 saturated carbocycles. The number of benzene rings is 1. The summed E-state index contributed by atoms with van der Waals surface area (Å²) in [7, 11) is 1.58. The van der Waals surface area contributed by atoms with Gasteiger partial charge in [0.2, 0.25) is 5.91 Å². The summed E-state index contributed by atoms with van der Waals surface area (Å²) in [5.41, 5.74) is 0.0926. The Hall–Kier alpha value is -2.46. The van der Waals surface area contributed by atoms with Crippen molar-refractivity contribution in [2.45, 2.75) is 31.2 Å². The van der Waals surface area contributed by atoms with Crippen molar-refractivity contribution in [1.29, 1.82) is 0 Å². The van der Waals surface area contributed by atoms with Crippen molar-refractivity contribution in [1.82, 2.24) is 19.9 Å². The number of pyridine rings is 1. The van der Waals surface area contributed by atoms with Crippen LogP contribution in [-0.2, 0) is 11.0 Å². The second kappa shape index (κ2) is 9.35. The van der Waals surface area contributed by atoms with Gasteiger partial charge in [0.1, 0.15) is 5.75 Å². The number of aromatic nitrogens is 3. The van der Waals surface area contributed by atoms with Crippen LogP contribution < -0.4 is 10.1 Å². The van der Waals surface area contributed by atoms with Crippen LogP contribution in [0.15, 0.2) is 41.7 Å². The van der Waals surface area contributed by atoms with E-state index in [0.29, 0.717) is 5.75 Å². The lowest BCUT2D eigenvalue weighted by Crippen LogP contribution is -2.33. The van der Waals surface area contributed by atoms with E-state index in [1.165, 1.54) is 0 Å². The summed E-state index contributed by atoms with van der Waals surface area (Å²) in [5.74, 6) is 0.496. The van der Waals surface area contributed by atoms with Crippen molar-refractivity contribution in [2.75, 3.05) is 12.9 Å². The Morgan fingerprint density at radius 1 is 1.26 bits per heavy atom. The van der Waals surface area contributed by atoms with Gasteiger partial charge in [0.15, 0.2) is 10.8 Å². The van der Waals surface area contributed by atoms with Crippen LogP contribution in [0, 0.1) is 5.92 Å². The first kappa shape index (κ1) is 23.2. The van der Waals surface area contributed by atoms with E-state index in [1.54, 1.807) is 7.11 Å². The van der Waals surface area contributed by atoms with Gasteiger partial charge in [-0.3, -0.25) is 9.20 Å². The number of nitrogens with zero attached hydrogens (tertiary/aromatic N) is 3. The van der Waals surface area contributed by atoms with E-state index in [1.807, 2.05) is 38.1 Å². The average Bonchev–Trinajstić information content (AvgIpc) is 3.13. The van der Waals surface area contributed by atoms with E-state index in [-0.39, 0.29) is 39.4 Å². The van der Waals surface area contributed by atoms with Crippen molar-refractivity contribution in [3.05, 3.63) is 52.7 Å². The highest BCUT2D eigenvalue weighted by Crippen LogP contribution is 2.33. The summed E-state index contributed by atoms with van der Waals surface area (Å²) >= 11 is 6.90. The molecule has 11 heteroatoms. The van der Waals surface area contributed by atoms with E-state index in [0.717, 1.165) is 34.0 Å². The highest BCUT2D eigenvalue weighted by molar-refractivity contribution is 7.99. The minimum atomic E-state index is -4.57. The summed E-state index contributed by atoms with van der Waals surface area (Å²) in [6.45, 7) is 3.96. The molecule has 6 nitrogen and oxygen atoms in total. The zero-order chi connectivity index (χ0) is 22.8. The zero-order valence-electron chi connectivity index (χ0n) is 16.9. The molecule has 0 aliphatic rings. The summed E-state index contributed by atoms with van der Waals surface area (Å²) in [6, 6.07) is 7.95. The fourth-order valence-corrected chi connectivity index (χ4v) is 3.95. The van der Waals surface area contributed by atoms with Gasteiger partial charge in [-0.2, -0.15) is 13.2 Å². The third kappa shape index (κ3) is 5.43. The molecule has 0 radical (unpaired) electrons. The van der Waals surface area contributed by atoms with E-state index >= 15 is 0 Å². The van der Waals surface area contributed by atoms with Gasteiger partial charge in [-0.05, 0) is 29.7 Å². The third-order valence-corrected chi connectivity index (χ3v) is 5.77. The Morgan fingerprint density at radius 2 is 1.94 bits per heavy atom. The number of ether oxygens (including phenoxy) is 1. The Kier molecular flexibility index (Phi) is 7.00. The van der Waals surface area contributed by atoms with Gasteiger partial charge in [0.05, 0.1) is 29.5 Å². The largest absolute Gasteiger partial charge is 0.497 e. The second-order valence-corrected chi connectivity index (χ2v) is 8.45. The van der Waals surface area contributed by atoms with Gasteiger partial charge in [0.25, 0.3) is 0 Å². The molecule has 0 bridgehead atoms. The van der Waals surface area contributed by atoms with Crippen LogP contribution >= 0.6 is 23.4 Å². The fourth-order valence-electron chi connectivity index (χ4n) is 2.98. The minimum absolute atomic E-state index is 0.0476. The van der Waals surface area contributed by atoms with E-state index in [2.05, 4.69) is 15.5 Å². The second-order valence-electron chi connectivity index (χ2n) is 7.10. The molecule has 1 N–H and O–H groups in total. The van der Waals surface area contributed by atoms with Crippen molar-refractivity contribution in [3.8, 4) is 5.75 Å². The van der Waals surface area contributed by atoms with Crippen molar-refractivity contribution in [2.24, 2.45) is 5.92 Å². The highest BCUT2D eigenvalue weighted by atomic mass is 35.5. The lowest BCUT2D eigenvalue weighted by atomic mass is 9.96. The van der Waals surface area contributed by atoms with Crippen LogP contribution in [0.3, 0.4) is 0 Å². The SMILES string of the molecule is COc1ccc(C(NC(=O)CSc2nnc3c(Cl)cc(C(F)(F)F)cn23)C(C)C)cc1. The Bertz CT molecular complexity index is 1070. The first-order chi connectivity index (χ1) is 14.6. The molecule has 31 heavy (non-hydrogen) atoms. The van der Waals surface area contributed by atoms with Crippen molar-refractivity contribution < 1.29 is 22.7 Å². The molecule has 166 valence electrons. The van der Waals surface area contributed by atoms with Crippen LogP contribution in [0.5, 0.6) is 5.75 Å². The summed E-state index contributed by atoms with van der Waals surface area (Å²) in [4.78, 5) is 12.6. The Labute approximate surface area is 186 Å². The van der Waals surface area contributed by atoms with E-state index < -0.39 is 11.7 Å². The van der Waals surface area contributed by atoms with Crippen LogP contribution in [0.4, 0.5) is 13.2 Å². The number of carbonyl (C=O) groups excluding carboxylic acids is 1. The van der Waals surface area contributed by atoms with Gasteiger partial charge < -0.3 is 10.1 Å².